The molecule has 1 unspecified atom stereocenters. The Labute approximate surface area is 252 Å². The minimum absolute atomic E-state index is 0.224. The molecule has 0 bridgehead atoms. The van der Waals surface area contributed by atoms with E-state index in [4.69, 9.17) is 19.6 Å². The summed E-state index contributed by atoms with van der Waals surface area (Å²) in [6, 6.07) is 21.0. The highest BCUT2D eigenvalue weighted by atomic mass is 79.9. The van der Waals surface area contributed by atoms with Gasteiger partial charge in [0, 0.05) is 17.1 Å². The lowest BCUT2D eigenvalue weighted by atomic mass is 9.94. The number of allylic oxidation sites excluding steroid dienone is 1. The van der Waals surface area contributed by atoms with Crippen molar-refractivity contribution in [1.29, 1.82) is 0 Å². The lowest BCUT2D eigenvalue weighted by Gasteiger charge is -2.29. The molecule has 5 rings (SSSR count). The first-order valence-electron chi connectivity index (χ1n) is 13.4. The van der Waals surface area contributed by atoms with Crippen LogP contribution in [0.1, 0.15) is 43.0 Å². The first-order valence-corrected chi connectivity index (χ1v) is 15.2. The fraction of sp³-hybridized carbons (Fsp3) is 0.258. The summed E-state index contributed by atoms with van der Waals surface area (Å²) in [4.78, 5) is 18.6. The molecule has 0 aliphatic carbocycles. The summed E-state index contributed by atoms with van der Waals surface area (Å²) in [6.07, 6.45) is 1.00. The van der Waals surface area contributed by atoms with Crippen LogP contribution in [0.3, 0.4) is 0 Å². The van der Waals surface area contributed by atoms with Crippen LogP contribution in [0, 0.1) is 6.92 Å². The van der Waals surface area contributed by atoms with E-state index in [0.29, 0.717) is 45.0 Å². The number of aromatic nitrogens is 3. The van der Waals surface area contributed by atoms with E-state index >= 15 is 0 Å². The number of carbonyl (C=O) groups excluding carboxylic acids is 1. The lowest BCUT2D eigenvalue weighted by Crippen LogP contribution is -2.31. The van der Waals surface area contributed by atoms with Crippen molar-refractivity contribution in [2.75, 3.05) is 23.5 Å². The van der Waals surface area contributed by atoms with Gasteiger partial charge in [0.25, 0.3) is 5.91 Å². The number of halogens is 1. The van der Waals surface area contributed by atoms with Gasteiger partial charge in [0.2, 0.25) is 11.1 Å². The molecule has 1 amide bonds. The van der Waals surface area contributed by atoms with Gasteiger partial charge in [-0.2, -0.15) is 4.98 Å². The average molecular weight is 635 g/mol. The van der Waals surface area contributed by atoms with Crippen LogP contribution in [0.2, 0.25) is 0 Å². The number of anilines is 2. The number of hydrogen-bond acceptors (Lipinski definition) is 7. The van der Waals surface area contributed by atoms with Gasteiger partial charge < -0.3 is 20.1 Å². The first-order chi connectivity index (χ1) is 19.9. The number of aryl methyl sites for hydroxylation is 1. The quantitative estimate of drug-likeness (QED) is 0.176. The van der Waals surface area contributed by atoms with Crippen molar-refractivity contribution >= 4 is 45.2 Å². The Morgan fingerprint density at radius 1 is 1.12 bits per heavy atom. The zero-order chi connectivity index (χ0) is 28.9. The van der Waals surface area contributed by atoms with Crippen LogP contribution in [0.4, 0.5) is 11.6 Å². The number of benzene rings is 3. The number of fused-ring (bicyclic) bond motifs is 1. The summed E-state index contributed by atoms with van der Waals surface area (Å²) in [5, 5.41) is 11.9. The molecule has 1 aromatic heterocycles. The molecular weight excluding hydrogens is 602 g/mol. The van der Waals surface area contributed by atoms with Crippen LogP contribution in [0.15, 0.2) is 87.6 Å². The molecule has 212 valence electrons. The molecule has 0 radical (unpaired) electrons. The van der Waals surface area contributed by atoms with Crippen LogP contribution >= 0.6 is 27.7 Å². The molecule has 2 heterocycles. The molecule has 1 aliphatic rings. The third-order valence-corrected chi connectivity index (χ3v) is 8.33. The van der Waals surface area contributed by atoms with E-state index in [0.717, 1.165) is 34.6 Å². The topological polar surface area (TPSA) is 90.3 Å². The van der Waals surface area contributed by atoms with E-state index in [1.54, 1.807) is 23.6 Å². The number of para-hydroxylation sites is 1. The Hall–Kier alpha value is -3.76. The number of rotatable bonds is 10. The predicted molar refractivity (Wildman–Crippen MR) is 167 cm³/mol. The maximum absolute atomic E-state index is 13.9. The highest BCUT2D eigenvalue weighted by Crippen LogP contribution is 2.43. The number of hydrogen-bond donors (Lipinski definition) is 2. The molecule has 0 fully saturated rings. The van der Waals surface area contributed by atoms with Gasteiger partial charge >= 0.3 is 0 Å². The van der Waals surface area contributed by atoms with Gasteiger partial charge in [-0.15, -0.1) is 5.10 Å². The summed E-state index contributed by atoms with van der Waals surface area (Å²) >= 11 is 5.30. The van der Waals surface area contributed by atoms with Gasteiger partial charge in [0.15, 0.2) is 11.5 Å². The Kier molecular flexibility index (Phi) is 8.99. The molecule has 0 saturated heterocycles. The van der Waals surface area contributed by atoms with Crippen LogP contribution in [-0.2, 0) is 11.4 Å². The van der Waals surface area contributed by atoms with Crippen molar-refractivity contribution in [3.05, 3.63) is 99.2 Å². The number of methoxy groups -OCH3 is 1. The molecule has 41 heavy (non-hydrogen) atoms. The number of ether oxygens (including phenoxy) is 2. The number of thioether (sulfide) groups is 1. The summed E-state index contributed by atoms with van der Waals surface area (Å²) in [6.45, 7) is 6.36. The van der Waals surface area contributed by atoms with Gasteiger partial charge in [-0.05, 0) is 71.1 Å². The van der Waals surface area contributed by atoms with E-state index in [1.807, 2.05) is 80.6 Å². The highest BCUT2D eigenvalue weighted by Gasteiger charge is 2.35. The second-order valence-electron chi connectivity index (χ2n) is 9.65. The Morgan fingerprint density at radius 2 is 1.88 bits per heavy atom. The van der Waals surface area contributed by atoms with Gasteiger partial charge in [-0.25, -0.2) is 4.68 Å². The van der Waals surface area contributed by atoms with E-state index in [2.05, 4.69) is 33.5 Å². The lowest BCUT2D eigenvalue weighted by molar-refractivity contribution is -0.113. The molecule has 8 nitrogen and oxygen atoms in total. The fourth-order valence-electron chi connectivity index (χ4n) is 4.66. The molecule has 10 heteroatoms. The largest absolute Gasteiger partial charge is 0.493 e. The minimum atomic E-state index is -0.563. The van der Waals surface area contributed by atoms with Crippen molar-refractivity contribution in [2.24, 2.45) is 0 Å². The van der Waals surface area contributed by atoms with Gasteiger partial charge in [0.1, 0.15) is 12.6 Å². The van der Waals surface area contributed by atoms with Crippen LogP contribution in [0.5, 0.6) is 11.5 Å². The zero-order valence-electron chi connectivity index (χ0n) is 23.4. The third kappa shape index (κ3) is 6.28. The second kappa shape index (κ2) is 12.8. The number of nitrogens with one attached hydrogen (secondary N) is 2. The third-order valence-electron chi connectivity index (χ3n) is 6.70. The van der Waals surface area contributed by atoms with E-state index in [9.17, 15) is 4.79 Å². The molecule has 4 aromatic rings. The molecule has 0 spiro atoms. The van der Waals surface area contributed by atoms with Crippen molar-refractivity contribution in [1.82, 2.24) is 14.8 Å². The van der Waals surface area contributed by atoms with E-state index in [1.165, 1.54) is 0 Å². The minimum Gasteiger partial charge on any atom is -0.493 e. The van der Waals surface area contributed by atoms with Crippen LogP contribution < -0.4 is 20.1 Å². The van der Waals surface area contributed by atoms with Crippen molar-refractivity contribution in [2.45, 2.75) is 45.0 Å². The molecule has 3 aromatic carbocycles. The van der Waals surface area contributed by atoms with Crippen molar-refractivity contribution in [3.8, 4) is 11.5 Å². The maximum Gasteiger partial charge on any atom is 0.255 e. The smallest absolute Gasteiger partial charge is 0.255 e. The number of carbonyl (C=O) groups is 1. The maximum atomic E-state index is 13.9. The van der Waals surface area contributed by atoms with E-state index in [-0.39, 0.29) is 5.91 Å². The van der Waals surface area contributed by atoms with Crippen molar-refractivity contribution in [3.63, 3.8) is 0 Å². The summed E-state index contributed by atoms with van der Waals surface area (Å²) in [5.41, 5.74) is 4.81. The Balaban J connectivity index is 1.56. The molecule has 2 N–H and O–H groups in total. The summed E-state index contributed by atoms with van der Waals surface area (Å²) < 4.78 is 14.5. The standard InChI is InChI=1S/C31H32BrN5O3S/c1-5-15-41-31-35-30-33-20(3)26(29(38)34-24-14-10-9-11-19(24)2)27(37(30)36-31)22-16-23(32)28(25(17-22)39-4)40-18-21-12-7-6-8-13-21/h6-14,16-17,27H,5,15,18H2,1-4H3,(H,34,38)(H,33,35,36). The molecule has 1 aliphatic heterocycles. The summed E-state index contributed by atoms with van der Waals surface area (Å²) in [5.74, 6) is 2.38. The fourth-order valence-corrected chi connectivity index (χ4v) is 5.92. The normalized spacial score (nSPS) is 14.3. The average Bonchev–Trinajstić information content (AvgIpc) is 3.38. The zero-order valence-corrected chi connectivity index (χ0v) is 25.8. The summed E-state index contributed by atoms with van der Waals surface area (Å²) in [7, 11) is 1.61. The Bertz CT molecular complexity index is 1590. The van der Waals surface area contributed by atoms with Gasteiger partial charge in [-0.3, -0.25) is 4.79 Å². The van der Waals surface area contributed by atoms with Crippen LogP contribution in [0.25, 0.3) is 0 Å². The monoisotopic (exact) mass is 633 g/mol. The molecule has 0 saturated carbocycles. The van der Waals surface area contributed by atoms with Gasteiger partial charge in [-0.1, -0.05) is 67.2 Å². The number of nitrogens with zero attached hydrogens (tertiary/aromatic N) is 3. The first kappa shape index (κ1) is 28.8. The molecule has 1 atom stereocenters. The predicted octanol–water partition coefficient (Wildman–Crippen LogP) is 7.37. The molecular formula is C31H32BrN5O3S. The SMILES string of the molecule is CCCSc1nc2n(n1)C(c1cc(Br)c(OCc3ccccc3)c(OC)c1)C(C(=O)Nc1ccccc1C)=C(C)N2. The van der Waals surface area contributed by atoms with Gasteiger partial charge in [0.05, 0.1) is 17.2 Å². The number of amides is 1. The second-order valence-corrected chi connectivity index (χ2v) is 11.6. The van der Waals surface area contributed by atoms with Crippen LogP contribution in [-0.4, -0.2) is 33.5 Å². The van der Waals surface area contributed by atoms with E-state index < -0.39 is 6.04 Å². The Morgan fingerprint density at radius 3 is 2.61 bits per heavy atom. The highest BCUT2D eigenvalue weighted by molar-refractivity contribution is 9.10. The van der Waals surface area contributed by atoms with Crippen molar-refractivity contribution < 1.29 is 14.3 Å².